The molecule has 0 spiro atoms. The number of rotatable bonds is 6. The number of hydrogen-bond acceptors (Lipinski definition) is 4. The maximum atomic E-state index is 13.7. The number of hydrogen-bond donors (Lipinski definition) is 2. The highest BCUT2D eigenvalue weighted by Crippen LogP contribution is 2.24. The molecule has 1 aromatic carbocycles. The Bertz CT molecular complexity index is 456. The van der Waals surface area contributed by atoms with Gasteiger partial charge in [-0.05, 0) is 32.9 Å². The lowest BCUT2D eigenvalue weighted by Gasteiger charge is -2.24. The molecule has 6 heteroatoms. The smallest absolute Gasteiger partial charge is 0.338 e. The van der Waals surface area contributed by atoms with Crippen molar-refractivity contribution in [3.63, 3.8) is 0 Å². The van der Waals surface area contributed by atoms with Crippen LogP contribution in [0.1, 0.15) is 37.6 Å². The quantitative estimate of drug-likeness (QED) is 0.614. The third-order valence-electron chi connectivity index (χ3n) is 2.34. The summed E-state index contributed by atoms with van der Waals surface area (Å²) in [6.45, 7) is 4.92. The summed E-state index contributed by atoms with van der Waals surface area (Å²) in [6.07, 6.45) is -0.318. The van der Waals surface area contributed by atoms with E-state index in [9.17, 15) is 14.3 Å². The fourth-order valence-corrected chi connectivity index (χ4v) is 1.64. The summed E-state index contributed by atoms with van der Waals surface area (Å²) < 4.78 is 13.7. The molecule has 0 aliphatic carbocycles. The SMILES string of the molecule is CC(O)CC(C)(C)OOc1cccc(C(=O)O)c1F. The predicted octanol–water partition coefficient (Wildman–Crippen LogP) is 2.38. The number of aliphatic hydroxyl groups excluding tert-OH is 1. The molecular formula is C13H17FO5. The van der Waals surface area contributed by atoms with Crippen LogP contribution in [-0.2, 0) is 4.89 Å². The minimum absolute atomic E-state index is 0.285. The highest BCUT2D eigenvalue weighted by atomic mass is 19.1. The zero-order valence-corrected chi connectivity index (χ0v) is 11.0. The number of halogens is 1. The summed E-state index contributed by atoms with van der Waals surface area (Å²) >= 11 is 0. The van der Waals surface area contributed by atoms with Crippen LogP contribution in [0.5, 0.6) is 5.75 Å². The van der Waals surface area contributed by atoms with Crippen LogP contribution < -0.4 is 4.89 Å². The molecule has 0 radical (unpaired) electrons. The third kappa shape index (κ3) is 4.50. The van der Waals surface area contributed by atoms with Gasteiger partial charge in [-0.25, -0.2) is 9.18 Å². The first-order valence-electron chi connectivity index (χ1n) is 5.78. The number of aromatic carboxylic acids is 1. The van der Waals surface area contributed by atoms with E-state index in [1.807, 2.05) is 0 Å². The molecular weight excluding hydrogens is 255 g/mol. The van der Waals surface area contributed by atoms with Gasteiger partial charge in [0.1, 0.15) is 5.60 Å². The van der Waals surface area contributed by atoms with E-state index in [2.05, 4.69) is 0 Å². The fourth-order valence-electron chi connectivity index (χ4n) is 1.64. The molecule has 0 saturated carbocycles. The maximum Gasteiger partial charge on any atom is 0.338 e. The molecule has 0 saturated heterocycles. The van der Waals surface area contributed by atoms with E-state index >= 15 is 0 Å². The summed E-state index contributed by atoms with van der Waals surface area (Å²) in [5.41, 5.74) is -1.32. The Labute approximate surface area is 110 Å². The summed E-state index contributed by atoms with van der Waals surface area (Å²) in [6, 6.07) is 3.75. The van der Waals surface area contributed by atoms with Gasteiger partial charge < -0.3 is 15.1 Å². The first-order chi connectivity index (χ1) is 8.73. The van der Waals surface area contributed by atoms with Crippen LogP contribution in [0.2, 0.25) is 0 Å². The van der Waals surface area contributed by atoms with Gasteiger partial charge in [0.2, 0.25) is 5.75 Å². The van der Waals surface area contributed by atoms with Gasteiger partial charge in [-0.3, -0.25) is 0 Å². The summed E-state index contributed by atoms with van der Waals surface area (Å²) in [7, 11) is 0. The Kier molecular flexibility index (Phi) is 4.85. The highest BCUT2D eigenvalue weighted by molar-refractivity contribution is 5.88. The third-order valence-corrected chi connectivity index (χ3v) is 2.34. The lowest BCUT2D eigenvalue weighted by Crippen LogP contribution is -2.30. The van der Waals surface area contributed by atoms with Crippen LogP contribution in [0.15, 0.2) is 18.2 Å². The molecule has 19 heavy (non-hydrogen) atoms. The molecule has 1 rings (SSSR count). The average molecular weight is 272 g/mol. The molecule has 0 aromatic heterocycles. The molecule has 0 aliphatic rings. The summed E-state index contributed by atoms with van der Waals surface area (Å²) in [4.78, 5) is 20.6. The van der Waals surface area contributed by atoms with Crippen LogP contribution >= 0.6 is 0 Å². The van der Waals surface area contributed by atoms with Crippen molar-refractivity contribution >= 4 is 5.97 Å². The van der Waals surface area contributed by atoms with Crippen molar-refractivity contribution in [2.75, 3.05) is 0 Å². The topological polar surface area (TPSA) is 76.0 Å². The van der Waals surface area contributed by atoms with Gasteiger partial charge in [0.25, 0.3) is 0 Å². The predicted molar refractivity (Wildman–Crippen MR) is 65.4 cm³/mol. The zero-order chi connectivity index (χ0) is 14.6. The van der Waals surface area contributed by atoms with Gasteiger partial charge in [0.15, 0.2) is 5.82 Å². The van der Waals surface area contributed by atoms with Gasteiger partial charge >= 0.3 is 5.97 Å². The van der Waals surface area contributed by atoms with Crippen molar-refractivity contribution < 1.29 is 29.2 Å². The van der Waals surface area contributed by atoms with Crippen molar-refractivity contribution in [3.8, 4) is 5.75 Å². The maximum absolute atomic E-state index is 13.7. The van der Waals surface area contributed by atoms with E-state index in [1.54, 1.807) is 20.8 Å². The standard InChI is InChI=1S/C13H17FO5/c1-8(15)7-13(2,3)19-18-10-6-4-5-9(11(10)14)12(16)17/h4-6,8,15H,7H2,1-3H3,(H,16,17). The Morgan fingerprint density at radius 1 is 1.47 bits per heavy atom. The van der Waals surface area contributed by atoms with Gasteiger partial charge in [-0.1, -0.05) is 6.07 Å². The Morgan fingerprint density at radius 3 is 2.63 bits per heavy atom. The molecule has 5 nitrogen and oxygen atoms in total. The number of carboxylic acids is 1. The second kappa shape index (κ2) is 5.99. The second-order valence-corrected chi connectivity index (χ2v) is 4.90. The molecule has 0 bridgehead atoms. The van der Waals surface area contributed by atoms with Crippen molar-refractivity contribution in [2.45, 2.75) is 38.9 Å². The highest BCUT2D eigenvalue weighted by Gasteiger charge is 2.24. The zero-order valence-electron chi connectivity index (χ0n) is 11.0. The van der Waals surface area contributed by atoms with Gasteiger partial charge in [0.05, 0.1) is 11.7 Å². The van der Waals surface area contributed by atoms with E-state index in [-0.39, 0.29) is 12.2 Å². The van der Waals surface area contributed by atoms with Crippen LogP contribution in [0, 0.1) is 5.82 Å². The molecule has 0 fully saturated rings. The van der Waals surface area contributed by atoms with E-state index in [0.29, 0.717) is 0 Å². The minimum Gasteiger partial charge on any atom is -0.478 e. The van der Waals surface area contributed by atoms with Crippen molar-refractivity contribution in [2.24, 2.45) is 0 Å². The fraction of sp³-hybridized carbons (Fsp3) is 0.462. The van der Waals surface area contributed by atoms with E-state index in [1.165, 1.54) is 12.1 Å². The molecule has 106 valence electrons. The van der Waals surface area contributed by atoms with Crippen molar-refractivity contribution in [3.05, 3.63) is 29.6 Å². The Balaban J connectivity index is 2.78. The van der Waals surface area contributed by atoms with Crippen molar-refractivity contribution in [1.82, 2.24) is 0 Å². The lowest BCUT2D eigenvalue weighted by molar-refractivity contribution is -0.287. The first kappa shape index (κ1) is 15.4. The second-order valence-electron chi connectivity index (χ2n) is 4.90. The summed E-state index contributed by atoms with van der Waals surface area (Å²) in [5.74, 6) is -2.69. The summed E-state index contributed by atoms with van der Waals surface area (Å²) in [5, 5.41) is 18.0. The molecule has 0 aliphatic heterocycles. The minimum atomic E-state index is -1.38. The van der Waals surface area contributed by atoms with E-state index in [4.69, 9.17) is 14.9 Å². The molecule has 1 atom stereocenters. The van der Waals surface area contributed by atoms with Gasteiger partial charge in [-0.2, -0.15) is 4.89 Å². The number of carboxylic acid groups (broad SMARTS) is 1. The Morgan fingerprint density at radius 2 is 2.11 bits per heavy atom. The van der Waals surface area contributed by atoms with Gasteiger partial charge in [-0.15, -0.1) is 0 Å². The number of carbonyl (C=O) groups is 1. The Hall–Kier alpha value is -1.66. The number of benzene rings is 1. The van der Waals surface area contributed by atoms with E-state index in [0.717, 1.165) is 6.07 Å². The van der Waals surface area contributed by atoms with E-state index < -0.39 is 29.1 Å². The van der Waals surface area contributed by atoms with Crippen LogP contribution in [0.3, 0.4) is 0 Å². The molecule has 0 heterocycles. The van der Waals surface area contributed by atoms with Crippen LogP contribution in [-0.4, -0.2) is 27.9 Å². The van der Waals surface area contributed by atoms with Crippen molar-refractivity contribution in [1.29, 1.82) is 0 Å². The largest absolute Gasteiger partial charge is 0.478 e. The first-order valence-corrected chi connectivity index (χ1v) is 5.78. The van der Waals surface area contributed by atoms with Gasteiger partial charge in [0, 0.05) is 6.42 Å². The van der Waals surface area contributed by atoms with Crippen LogP contribution in [0.4, 0.5) is 4.39 Å². The van der Waals surface area contributed by atoms with Crippen LogP contribution in [0.25, 0.3) is 0 Å². The molecule has 1 unspecified atom stereocenters. The lowest BCUT2D eigenvalue weighted by atomic mass is 10.0. The monoisotopic (exact) mass is 272 g/mol. The normalized spacial score (nSPS) is 13.1. The average Bonchev–Trinajstić information content (AvgIpc) is 2.25. The number of aliphatic hydroxyl groups is 1. The molecule has 1 aromatic rings. The molecule has 2 N–H and O–H groups in total. The molecule has 0 amide bonds.